The summed E-state index contributed by atoms with van der Waals surface area (Å²) in [7, 11) is 0. The summed E-state index contributed by atoms with van der Waals surface area (Å²) in [5.74, 6) is -7.03. The number of rotatable bonds is 3. The van der Waals surface area contributed by atoms with Crippen LogP contribution in [0, 0.1) is 78.0 Å². The Morgan fingerprint density at radius 1 is 0.426 bits per heavy atom. The molecule has 6 aromatic carbocycles. The molecule has 0 aliphatic heterocycles. The highest BCUT2D eigenvalue weighted by Crippen LogP contribution is 2.37. The highest BCUT2D eigenvalue weighted by molar-refractivity contribution is 5.92. The second kappa shape index (κ2) is 12.0. The van der Waals surface area contributed by atoms with E-state index >= 15 is 17.6 Å². The summed E-state index contributed by atoms with van der Waals surface area (Å²) in [5.41, 5.74) is -0.687. The molecule has 6 rings (SSSR count). The summed E-state index contributed by atoms with van der Waals surface area (Å²) in [6.45, 7) is 3.28. The number of hydrogen-bond donors (Lipinski definition) is 0. The summed E-state index contributed by atoms with van der Waals surface area (Å²) >= 11 is 0. The number of fused-ring (bicyclic) bond motifs is 1. The third-order valence-corrected chi connectivity index (χ3v) is 7.69. The summed E-state index contributed by atoms with van der Waals surface area (Å²) in [6.07, 6.45) is 0. The standard InChI is InChI=1S/C38H19F9/c1-18-3-6-21(7-4-18)22-12-24-15-31(43)35(38(47)36(24)30(42)13-22)23-9-19(2)26(27(39)14-23)8-5-20-10-28(40)34(29(41)11-20)25-16-32(44)37(46)33(45)17-25/h3-4,6-7,9-17H,1-2H3. The van der Waals surface area contributed by atoms with Crippen LogP contribution < -0.4 is 0 Å². The molecule has 234 valence electrons. The maximum atomic E-state index is 15.7. The van der Waals surface area contributed by atoms with Gasteiger partial charge in [0.25, 0.3) is 0 Å². The zero-order chi connectivity index (χ0) is 33.7. The first-order chi connectivity index (χ1) is 22.3. The second-order valence-corrected chi connectivity index (χ2v) is 10.9. The molecule has 6 aromatic rings. The van der Waals surface area contributed by atoms with Gasteiger partial charge in [0.05, 0.1) is 22.1 Å². The second-order valence-electron chi connectivity index (χ2n) is 10.9. The Morgan fingerprint density at radius 3 is 1.60 bits per heavy atom. The minimum Gasteiger partial charge on any atom is -0.206 e. The van der Waals surface area contributed by atoms with E-state index in [-0.39, 0.29) is 27.6 Å². The topological polar surface area (TPSA) is 0 Å². The van der Waals surface area contributed by atoms with E-state index in [1.54, 1.807) is 12.1 Å². The molecule has 0 fully saturated rings. The molecule has 0 spiro atoms. The zero-order valence-corrected chi connectivity index (χ0v) is 24.4. The van der Waals surface area contributed by atoms with Gasteiger partial charge in [-0.2, -0.15) is 0 Å². The minimum absolute atomic E-state index is 0.0285. The van der Waals surface area contributed by atoms with Crippen LogP contribution >= 0.6 is 0 Å². The molecule has 9 heteroatoms. The Balaban J connectivity index is 1.36. The SMILES string of the molecule is Cc1ccc(-c2cc(F)c3c(F)c(-c4cc(C)c(C#Cc5cc(F)c(-c6cc(F)c(F)c(F)c6)c(F)c5)c(F)c4)c(F)cc3c2)cc1. The van der Waals surface area contributed by atoms with Crippen LogP contribution in [-0.2, 0) is 0 Å². The van der Waals surface area contributed by atoms with Gasteiger partial charge in [-0.25, -0.2) is 39.5 Å². The van der Waals surface area contributed by atoms with E-state index in [2.05, 4.69) is 11.8 Å². The first-order valence-electron chi connectivity index (χ1n) is 14.0. The van der Waals surface area contributed by atoms with Gasteiger partial charge in [-0.15, -0.1) is 0 Å². The molecule has 0 aromatic heterocycles. The van der Waals surface area contributed by atoms with Crippen molar-refractivity contribution in [3.05, 3.63) is 153 Å². The normalized spacial score (nSPS) is 11.1. The van der Waals surface area contributed by atoms with Crippen LogP contribution in [0.2, 0.25) is 0 Å². The van der Waals surface area contributed by atoms with Gasteiger partial charge in [-0.3, -0.25) is 0 Å². The molecule has 0 radical (unpaired) electrons. The minimum atomic E-state index is -1.80. The van der Waals surface area contributed by atoms with Crippen LogP contribution in [0.3, 0.4) is 0 Å². The van der Waals surface area contributed by atoms with Crippen LogP contribution in [0.1, 0.15) is 22.3 Å². The third kappa shape index (κ3) is 5.83. The largest absolute Gasteiger partial charge is 0.206 e. The highest BCUT2D eigenvalue weighted by Gasteiger charge is 2.22. The van der Waals surface area contributed by atoms with Gasteiger partial charge in [0.2, 0.25) is 0 Å². The Bertz CT molecular complexity index is 2240. The van der Waals surface area contributed by atoms with E-state index in [0.29, 0.717) is 23.3 Å². The lowest BCUT2D eigenvalue weighted by molar-refractivity contribution is 0.447. The third-order valence-electron chi connectivity index (χ3n) is 7.69. The maximum Gasteiger partial charge on any atom is 0.194 e. The number of halogens is 9. The van der Waals surface area contributed by atoms with Crippen LogP contribution in [0.5, 0.6) is 0 Å². The molecule has 0 aliphatic carbocycles. The molecular weight excluding hydrogens is 627 g/mol. The van der Waals surface area contributed by atoms with Crippen molar-refractivity contribution in [2.75, 3.05) is 0 Å². The van der Waals surface area contributed by atoms with Crippen molar-refractivity contribution >= 4 is 10.8 Å². The Morgan fingerprint density at radius 2 is 0.979 bits per heavy atom. The lowest BCUT2D eigenvalue weighted by atomic mass is 9.94. The number of benzene rings is 6. The predicted octanol–water partition coefficient (Wildman–Crippen LogP) is 11.1. The quantitative estimate of drug-likeness (QED) is 0.102. The van der Waals surface area contributed by atoms with Crippen molar-refractivity contribution in [2.24, 2.45) is 0 Å². The van der Waals surface area contributed by atoms with Gasteiger partial charge in [0.1, 0.15) is 34.9 Å². The van der Waals surface area contributed by atoms with E-state index in [0.717, 1.165) is 35.9 Å². The summed E-state index contributed by atoms with van der Waals surface area (Å²) < 4.78 is 132. The predicted molar refractivity (Wildman–Crippen MR) is 162 cm³/mol. The molecular formula is C38H19F9. The van der Waals surface area contributed by atoms with Gasteiger partial charge in [-0.1, -0.05) is 41.7 Å². The Labute approximate surface area is 262 Å². The highest BCUT2D eigenvalue weighted by atomic mass is 19.2. The molecule has 0 amide bonds. The van der Waals surface area contributed by atoms with Gasteiger partial charge in [0.15, 0.2) is 17.5 Å². The molecule has 0 saturated carbocycles. The molecule has 47 heavy (non-hydrogen) atoms. The van der Waals surface area contributed by atoms with Crippen molar-refractivity contribution < 1.29 is 39.5 Å². The summed E-state index contributed by atoms with van der Waals surface area (Å²) in [5, 5.41) is -0.503. The molecule has 0 saturated heterocycles. The summed E-state index contributed by atoms with van der Waals surface area (Å²) in [4.78, 5) is 0. The first kappa shape index (κ1) is 31.5. The van der Waals surface area contributed by atoms with Crippen molar-refractivity contribution in [3.8, 4) is 45.2 Å². The molecule has 0 heterocycles. The molecule has 0 aliphatic rings. The first-order valence-corrected chi connectivity index (χ1v) is 14.0. The number of hydrogen-bond acceptors (Lipinski definition) is 0. The zero-order valence-electron chi connectivity index (χ0n) is 24.4. The molecule has 0 bridgehead atoms. The Hall–Kier alpha value is -5.49. The van der Waals surface area contributed by atoms with E-state index in [4.69, 9.17) is 0 Å². The molecule has 0 atom stereocenters. The van der Waals surface area contributed by atoms with Crippen LogP contribution in [-0.4, -0.2) is 0 Å². The van der Waals surface area contributed by atoms with E-state index in [9.17, 15) is 22.0 Å². The fraction of sp³-hybridized carbons (Fsp3) is 0.0526. The fourth-order valence-corrected chi connectivity index (χ4v) is 5.39. The van der Waals surface area contributed by atoms with E-state index in [1.165, 1.54) is 19.1 Å². The van der Waals surface area contributed by atoms with Crippen LogP contribution in [0.4, 0.5) is 39.5 Å². The molecule has 0 N–H and O–H groups in total. The van der Waals surface area contributed by atoms with Crippen LogP contribution in [0.15, 0.2) is 78.9 Å². The average Bonchev–Trinajstić information content (AvgIpc) is 2.99. The monoisotopic (exact) mass is 646 g/mol. The number of aryl methyl sites for hydroxylation is 2. The maximum absolute atomic E-state index is 15.7. The van der Waals surface area contributed by atoms with Gasteiger partial charge in [0, 0.05) is 5.56 Å². The van der Waals surface area contributed by atoms with Crippen molar-refractivity contribution in [1.82, 2.24) is 0 Å². The van der Waals surface area contributed by atoms with Gasteiger partial charge >= 0.3 is 0 Å². The van der Waals surface area contributed by atoms with Gasteiger partial charge < -0.3 is 0 Å². The molecule has 0 nitrogen and oxygen atoms in total. The lowest BCUT2D eigenvalue weighted by Gasteiger charge is -2.13. The van der Waals surface area contributed by atoms with E-state index < -0.39 is 74.4 Å². The lowest BCUT2D eigenvalue weighted by Crippen LogP contribution is -1.98. The van der Waals surface area contributed by atoms with Crippen molar-refractivity contribution in [3.63, 3.8) is 0 Å². The van der Waals surface area contributed by atoms with E-state index in [1.807, 2.05) is 19.1 Å². The van der Waals surface area contributed by atoms with Crippen LogP contribution in [0.25, 0.3) is 44.2 Å². The fourth-order valence-electron chi connectivity index (χ4n) is 5.39. The Kier molecular flexibility index (Phi) is 8.06. The average molecular weight is 647 g/mol. The van der Waals surface area contributed by atoms with Crippen molar-refractivity contribution in [2.45, 2.75) is 13.8 Å². The summed E-state index contributed by atoms with van der Waals surface area (Å²) in [6, 6.07) is 15.1. The smallest absolute Gasteiger partial charge is 0.194 e. The van der Waals surface area contributed by atoms with Gasteiger partial charge in [-0.05, 0) is 102 Å². The van der Waals surface area contributed by atoms with Crippen molar-refractivity contribution in [1.29, 1.82) is 0 Å². The molecule has 0 unspecified atom stereocenters.